The lowest BCUT2D eigenvalue weighted by molar-refractivity contribution is -0.297. The number of phenolic OH excluding ortho intramolecular Hbond substituents is 1. The van der Waals surface area contributed by atoms with E-state index in [4.69, 9.17) is 23.7 Å². The maximum atomic E-state index is 12.3. The van der Waals surface area contributed by atoms with Gasteiger partial charge in [-0.15, -0.1) is 0 Å². The van der Waals surface area contributed by atoms with Gasteiger partial charge in [0.15, 0.2) is 18.0 Å². The molecular formula is C17H20O11. The number of aliphatic hydroxyl groups is 4. The van der Waals surface area contributed by atoms with Crippen molar-refractivity contribution < 1.29 is 54.0 Å². The Labute approximate surface area is 158 Å². The Bertz CT molecular complexity index is 755. The first-order valence-corrected chi connectivity index (χ1v) is 8.60. The second-order valence-electron chi connectivity index (χ2n) is 6.96. The first kappa shape index (κ1) is 19.3. The number of esters is 1. The van der Waals surface area contributed by atoms with E-state index in [1.54, 1.807) is 0 Å². The Morgan fingerprint density at radius 3 is 2.64 bits per heavy atom. The number of carbonyl (C=O) groups excluding carboxylic acids is 1. The van der Waals surface area contributed by atoms with Crippen LogP contribution in [-0.4, -0.2) is 93.9 Å². The number of ether oxygens (including phenoxy) is 5. The molecule has 0 unspecified atom stereocenters. The lowest BCUT2D eigenvalue weighted by Gasteiger charge is -2.39. The molecule has 154 valence electrons. The summed E-state index contributed by atoms with van der Waals surface area (Å²) >= 11 is 0. The normalized spacial score (nSPS) is 40.9. The standard InChI is InChI=1S/C17H20O11/c18-9-2-1-7-3-8(9)14(22)25-5-17(23)6-26-16(13(17)21)28-12-11(20)10(19)4-24-15(12)27-7/h1-3,10-13,15-16,18-21,23H,4-6H2/t10-,11+,12-,13+,15+,16+,17-/m1/s1. The third-order valence-electron chi connectivity index (χ3n) is 4.92. The zero-order valence-corrected chi connectivity index (χ0v) is 14.5. The zero-order valence-electron chi connectivity index (χ0n) is 14.5. The number of aromatic hydroxyl groups is 1. The van der Waals surface area contributed by atoms with E-state index in [0.29, 0.717) is 0 Å². The molecule has 0 spiro atoms. The molecule has 2 fully saturated rings. The molecule has 3 aliphatic rings. The van der Waals surface area contributed by atoms with Crippen molar-refractivity contribution in [3.8, 4) is 11.5 Å². The van der Waals surface area contributed by atoms with E-state index < -0.39 is 61.8 Å². The van der Waals surface area contributed by atoms with Crippen LogP contribution in [0.15, 0.2) is 18.2 Å². The predicted molar refractivity (Wildman–Crippen MR) is 86.3 cm³/mol. The monoisotopic (exact) mass is 400 g/mol. The van der Waals surface area contributed by atoms with Gasteiger partial charge in [0.2, 0.25) is 6.29 Å². The second kappa shape index (κ2) is 7.12. The molecule has 7 atom stereocenters. The van der Waals surface area contributed by atoms with Gasteiger partial charge in [0.25, 0.3) is 0 Å². The van der Waals surface area contributed by atoms with Crippen LogP contribution in [0.25, 0.3) is 0 Å². The minimum absolute atomic E-state index is 0.0940. The first-order valence-electron chi connectivity index (χ1n) is 8.60. The van der Waals surface area contributed by atoms with Crippen molar-refractivity contribution >= 4 is 5.97 Å². The summed E-state index contributed by atoms with van der Waals surface area (Å²) in [7, 11) is 0. The van der Waals surface area contributed by atoms with Gasteiger partial charge in [0, 0.05) is 0 Å². The number of benzene rings is 1. The van der Waals surface area contributed by atoms with Crippen LogP contribution in [-0.2, 0) is 18.9 Å². The average Bonchev–Trinajstić information content (AvgIpc) is 2.95. The van der Waals surface area contributed by atoms with Crippen molar-refractivity contribution in [1.82, 2.24) is 0 Å². The van der Waals surface area contributed by atoms with Crippen molar-refractivity contribution in [2.24, 2.45) is 0 Å². The summed E-state index contributed by atoms with van der Waals surface area (Å²) in [6.07, 6.45) is -8.29. The molecule has 1 aromatic rings. The Balaban J connectivity index is 1.72. The molecular weight excluding hydrogens is 380 g/mol. The molecule has 0 aliphatic carbocycles. The number of rotatable bonds is 0. The van der Waals surface area contributed by atoms with Gasteiger partial charge >= 0.3 is 5.97 Å². The number of phenols is 1. The van der Waals surface area contributed by atoms with Gasteiger partial charge in [-0.05, 0) is 18.2 Å². The third-order valence-corrected chi connectivity index (χ3v) is 4.92. The zero-order chi connectivity index (χ0) is 20.1. The van der Waals surface area contributed by atoms with E-state index in [0.717, 1.165) is 0 Å². The van der Waals surface area contributed by atoms with Crippen LogP contribution in [0.1, 0.15) is 10.4 Å². The fraction of sp³-hybridized carbons (Fsp3) is 0.588. The van der Waals surface area contributed by atoms with Crippen LogP contribution in [0.2, 0.25) is 0 Å². The Hall–Kier alpha value is -1.99. The molecule has 3 aliphatic heterocycles. The lowest BCUT2D eigenvalue weighted by atomic mass is 10.0. The van der Waals surface area contributed by atoms with Crippen LogP contribution in [0.4, 0.5) is 0 Å². The van der Waals surface area contributed by atoms with Crippen LogP contribution in [0.3, 0.4) is 0 Å². The maximum absolute atomic E-state index is 12.3. The first-order chi connectivity index (χ1) is 13.3. The van der Waals surface area contributed by atoms with E-state index in [2.05, 4.69) is 0 Å². The summed E-state index contributed by atoms with van der Waals surface area (Å²) in [5.41, 5.74) is -2.21. The van der Waals surface area contributed by atoms with Crippen molar-refractivity contribution in [1.29, 1.82) is 0 Å². The SMILES string of the molecule is O=C1OC[C@@]2(O)CO[C@@H](O[C@H]3[C@@H](OC[C@@H](O)[C@@H]3O)Oc3ccc(O)c1c3)[C@@H]2O. The topological polar surface area (TPSA) is 164 Å². The highest BCUT2D eigenvalue weighted by Crippen LogP contribution is 2.33. The maximum Gasteiger partial charge on any atom is 0.342 e. The predicted octanol–water partition coefficient (Wildman–Crippen LogP) is -2.15. The number of fused-ring (bicyclic) bond motifs is 5. The van der Waals surface area contributed by atoms with Crippen molar-refractivity contribution in [2.75, 3.05) is 19.8 Å². The summed E-state index contributed by atoms with van der Waals surface area (Å²) in [5.74, 6) is -1.24. The Morgan fingerprint density at radius 1 is 1.07 bits per heavy atom. The van der Waals surface area contributed by atoms with Gasteiger partial charge in [0.1, 0.15) is 42.0 Å². The van der Waals surface area contributed by atoms with E-state index in [1.807, 2.05) is 0 Å². The average molecular weight is 400 g/mol. The number of hydrogen-bond acceptors (Lipinski definition) is 11. The quantitative estimate of drug-likeness (QED) is 0.302. The molecule has 0 aromatic heterocycles. The van der Waals surface area contributed by atoms with Crippen molar-refractivity contribution in [3.05, 3.63) is 23.8 Å². The molecule has 4 rings (SSSR count). The molecule has 28 heavy (non-hydrogen) atoms. The smallest absolute Gasteiger partial charge is 0.342 e. The Morgan fingerprint density at radius 2 is 1.86 bits per heavy atom. The molecule has 0 saturated carbocycles. The van der Waals surface area contributed by atoms with Gasteiger partial charge in [-0.1, -0.05) is 0 Å². The van der Waals surface area contributed by atoms with E-state index in [9.17, 15) is 30.3 Å². The fourth-order valence-corrected chi connectivity index (χ4v) is 3.22. The molecule has 0 amide bonds. The summed E-state index contributed by atoms with van der Waals surface area (Å²) in [6.45, 7) is -1.31. The van der Waals surface area contributed by atoms with Gasteiger partial charge in [0.05, 0.1) is 13.2 Å². The van der Waals surface area contributed by atoms with Crippen LogP contribution in [0.5, 0.6) is 11.5 Å². The summed E-state index contributed by atoms with van der Waals surface area (Å²) in [4.78, 5) is 12.3. The molecule has 5 N–H and O–H groups in total. The Kier molecular flexibility index (Phi) is 4.91. The second-order valence-corrected chi connectivity index (χ2v) is 6.96. The van der Waals surface area contributed by atoms with E-state index in [-0.39, 0.29) is 23.7 Å². The van der Waals surface area contributed by atoms with Gasteiger partial charge in [-0.2, -0.15) is 0 Å². The third kappa shape index (κ3) is 3.31. The molecule has 11 nitrogen and oxygen atoms in total. The minimum atomic E-state index is -1.98. The molecule has 0 radical (unpaired) electrons. The van der Waals surface area contributed by atoms with Crippen LogP contribution < -0.4 is 4.74 Å². The molecule has 3 heterocycles. The highest BCUT2D eigenvalue weighted by molar-refractivity contribution is 5.92. The number of hydrogen-bond donors (Lipinski definition) is 5. The number of cyclic esters (lactones) is 1. The van der Waals surface area contributed by atoms with Gasteiger partial charge < -0.3 is 49.2 Å². The lowest BCUT2D eigenvalue weighted by Crippen LogP contribution is -2.58. The largest absolute Gasteiger partial charge is 0.507 e. The van der Waals surface area contributed by atoms with Crippen molar-refractivity contribution in [2.45, 2.75) is 42.6 Å². The van der Waals surface area contributed by atoms with Gasteiger partial charge in [-0.3, -0.25) is 0 Å². The van der Waals surface area contributed by atoms with Gasteiger partial charge in [-0.25, -0.2) is 4.79 Å². The summed E-state index contributed by atoms with van der Waals surface area (Å²) < 4.78 is 26.8. The highest BCUT2D eigenvalue weighted by atomic mass is 16.8. The van der Waals surface area contributed by atoms with Crippen LogP contribution >= 0.6 is 0 Å². The minimum Gasteiger partial charge on any atom is -0.507 e. The highest BCUT2D eigenvalue weighted by Gasteiger charge is 2.53. The number of carbonyl (C=O) groups is 1. The van der Waals surface area contributed by atoms with E-state index in [1.165, 1.54) is 18.2 Å². The molecule has 2 saturated heterocycles. The van der Waals surface area contributed by atoms with E-state index >= 15 is 0 Å². The summed E-state index contributed by atoms with van der Waals surface area (Å²) in [6, 6.07) is 3.76. The fourth-order valence-electron chi connectivity index (χ4n) is 3.22. The molecule has 1 aromatic carbocycles. The molecule has 4 bridgehead atoms. The van der Waals surface area contributed by atoms with Crippen molar-refractivity contribution in [3.63, 3.8) is 0 Å². The van der Waals surface area contributed by atoms with Crippen LogP contribution in [0, 0.1) is 0 Å². The molecule has 11 heteroatoms. The number of aliphatic hydroxyl groups excluding tert-OH is 3. The summed E-state index contributed by atoms with van der Waals surface area (Å²) in [5, 5.41) is 51.1.